The first kappa shape index (κ1) is 12.0. The molecule has 0 radical (unpaired) electrons. The van der Waals surface area contributed by atoms with Crippen LogP contribution < -0.4 is 10.6 Å². The van der Waals surface area contributed by atoms with Gasteiger partial charge in [-0.1, -0.05) is 6.07 Å². The van der Waals surface area contributed by atoms with Gasteiger partial charge in [0.2, 0.25) is 5.91 Å². The number of pyridine rings is 1. The molecule has 1 saturated heterocycles. The van der Waals surface area contributed by atoms with Gasteiger partial charge in [0.15, 0.2) is 0 Å². The number of carbonyl (C=O) groups excluding carboxylic acids is 1. The molecule has 0 saturated carbocycles. The maximum Gasteiger partial charge on any atom is 0.223 e. The first-order valence-corrected chi connectivity index (χ1v) is 6.30. The zero-order valence-corrected chi connectivity index (χ0v) is 10.1. The molecule has 1 aromatic heterocycles. The van der Waals surface area contributed by atoms with Gasteiger partial charge in [-0.15, -0.1) is 0 Å². The number of primary amides is 1. The molecule has 0 bridgehead atoms. The number of hydrogen-bond acceptors (Lipinski definition) is 2. The van der Waals surface area contributed by atoms with Gasteiger partial charge in [0, 0.05) is 24.4 Å². The largest absolute Gasteiger partial charge is 0.369 e. The number of aromatic nitrogens is 1. The Bertz CT molecular complexity index is 366. The fraction of sp³-hybridized carbons (Fsp3) is 0.538. The molecule has 3 N–H and O–H groups in total. The van der Waals surface area contributed by atoms with E-state index < -0.39 is 0 Å². The minimum absolute atomic E-state index is 0.201. The molecular formula is C13H20N3O+. The predicted octanol–water partition coefficient (Wildman–Crippen LogP) is 0.0669. The Morgan fingerprint density at radius 1 is 1.53 bits per heavy atom. The van der Waals surface area contributed by atoms with Crippen LogP contribution in [0.2, 0.25) is 0 Å². The van der Waals surface area contributed by atoms with Crippen molar-refractivity contribution in [2.75, 3.05) is 13.1 Å². The summed E-state index contributed by atoms with van der Waals surface area (Å²) in [5.41, 5.74) is 6.51. The molecule has 0 spiro atoms. The number of amides is 1. The van der Waals surface area contributed by atoms with Crippen molar-refractivity contribution in [1.29, 1.82) is 0 Å². The van der Waals surface area contributed by atoms with E-state index in [1.807, 2.05) is 12.3 Å². The molecule has 0 aliphatic carbocycles. The van der Waals surface area contributed by atoms with E-state index in [4.69, 9.17) is 5.73 Å². The summed E-state index contributed by atoms with van der Waals surface area (Å²) in [6.07, 6.45) is 7.91. The monoisotopic (exact) mass is 234 g/mol. The van der Waals surface area contributed by atoms with E-state index in [0.29, 0.717) is 12.5 Å². The number of quaternary nitrogens is 1. The summed E-state index contributed by atoms with van der Waals surface area (Å²) < 4.78 is 0. The number of carbonyl (C=O) groups is 1. The summed E-state index contributed by atoms with van der Waals surface area (Å²) in [5, 5.41) is 0. The molecule has 2 rings (SSSR count). The number of likely N-dealkylation sites (tertiary alicyclic amines) is 1. The van der Waals surface area contributed by atoms with Crippen molar-refractivity contribution in [3.8, 4) is 0 Å². The number of nitrogens with one attached hydrogen (secondary N) is 1. The highest BCUT2D eigenvalue weighted by Gasteiger charge is 2.27. The average molecular weight is 234 g/mol. The first-order chi connectivity index (χ1) is 8.27. The van der Waals surface area contributed by atoms with Crippen LogP contribution in [0.4, 0.5) is 0 Å². The van der Waals surface area contributed by atoms with Crippen molar-refractivity contribution < 1.29 is 9.69 Å². The molecule has 1 aliphatic rings. The summed E-state index contributed by atoms with van der Waals surface area (Å²) in [7, 11) is 0. The third-order valence-electron chi connectivity index (χ3n) is 3.51. The van der Waals surface area contributed by atoms with E-state index in [1.54, 1.807) is 6.20 Å². The molecule has 4 nitrogen and oxygen atoms in total. The summed E-state index contributed by atoms with van der Waals surface area (Å²) in [5.74, 6) is -0.201. The number of rotatable bonds is 4. The Morgan fingerprint density at radius 2 is 2.41 bits per heavy atom. The fourth-order valence-corrected chi connectivity index (χ4v) is 2.65. The van der Waals surface area contributed by atoms with Gasteiger partial charge in [0.1, 0.15) is 6.04 Å². The second-order valence-corrected chi connectivity index (χ2v) is 4.71. The van der Waals surface area contributed by atoms with Crippen LogP contribution in [0.25, 0.3) is 0 Å². The van der Waals surface area contributed by atoms with Gasteiger partial charge in [0.25, 0.3) is 0 Å². The van der Waals surface area contributed by atoms with Crippen LogP contribution in [0.3, 0.4) is 0 Å². The molecule has 2 atom stereocenters. The van der Waals surface area contributed by atoms with Crippen molar-refractivity contribution in [1.82, 2.24) is 4.98 Å². The topological polar surface area (TPSA) is 60.4 Å². The minimum Gasteiger partial charge on any atom is -0.369 e. The highest BCUT2D eigenvalue weighted by atomic mass is 16.1. The molecule has 1 unspecified atom stereocenters. The molecule has 1 aliphatic heterocycles. The standard InChI is InChI=1S/C13H19N3O/c14-13(17)6-9-16-8-2-1-5-12(16)11-4-3-7-15-10-11/h3-4,7,10,12H,1-2,5-6,8-9H2,(H2,14,17)/p+1/t12-/m0/s1. The molecule has 1 amide bonds. The van der Waals surface area contributed by atoms with Crippen molar-refractivity contribution in [3.05, 3.63) is 30.1 Å². The van der Waals surface area contributed by atoms with Crippen molar-refractivity contribution in [3.63, 3.8) is 0 Å². The smallest absolute Gasteiger partial charge is 0.223 e. The maximum absolute atomic E-state index is 10.9. The summed E-state index contributed by atoms with van der Waals surface area (Å²) >= 11 is 0. The number of nitrogens with two attached hydrogens (primary N) is 1. The van der Waals surface area contributed by atoms with Gasteiger partial charge >= 0.3 is 0 Å². The summed E-state index contributed by atoms with van der Waals surface area (Å²) in [4.78, 5) is 16.5. The van der Waals surface area contributed by atoms with Gasteiger partial charge < -0.3 is 10.6 Å². The first-order valence-electron chi connectivity index (χ1n) is 6.30. The lowest BCUT2D eigenvalue weighted by molar-refractivity contribution is -0.936. The van der Waals surface area contributed by atoms with Crippen molar-refractivity contribution in [2.24, 2.45) is 5.73 Å². The minimum atomic E-state index is -0.201. The number of hydrogen-bond donors (Lipinski definition) is 2. The molecule has 92 valence electrons. The number of nitrogens with zero attached hydrogens (tertiary/aromatic N) is 1. The van der Waals surface area contributed by atoms with Gasteiger partial charge in [-0.25, -0.2) is 0 Å². The van der Waals surface area contributed by atoms with Gasteiger partial charge in [0.05, 0.1) is 19.5 Å². The quantitative estimate of drug-likeness (QED) is 0.774. The molecule has 1 fully saturated rings. The Kier molecular flexibility index (Phi) is 4.09. The molecule has 0 aromatic carbocycles. The Morgan fingerprint density at radius 3 is 3.12 bits per heavy atom. The van der Waals surface area contributed by atoms with Gasteiger partial charge in [-0.2, -0.15) is 0 Å². The maximum atomic E-state index is 10.9. The third kappa shape index (κ3) is 3.27. The zero-order chi connectivity index (χ0) is 12.1. The SMILES string of the molecule is NC(=O)CC[NH+]1CCCC[C@H]1c1cccnc1. The average Bonchev–Trinajstić information content (AvgIpc) is 2.38. The molecular weight excluding hydrogens is 214 g/mol. The van der Waals surface area contributed by atoms with E-state index in [0.717, 1.165) is 13.1 Å². The van der Waals surface area contributed by atoms with E-state index in [2.05, 4.69) is 11.1 Å². The summed E-state index contributed by atoms with van der Waals surface area (Å²) in [6.45, 7) is 1.97. The van der Waals surface area contributed by atoms with E-state index >= 15 is 0 Å². The third-order valence-corrected chi connectivity index (χ3v) is 3.51. The summed E-state index contributed by atoms with van der Waals surface area (Å²) in [6, 6.07) is 4.60. The van der Waals surface area contributed by atoms with Crippen LogP contribution in [0.15, 0.2) is 24.5 Å². The van der Waals surface area contributed by atoms with Crippen LogP contribution in [-0.2, 0) is 4.79 Å². The van der Waals surface area contributed by atoms with Crippen molar-refractivity contribution >= 4 is 5.91 Å². The zero-order valence-electron chi connectivity index (χ0n) is 10.1. The second kappa shape index (κ2) is 5.77. The Labute approximate surface area is 102 Å². The fourth-order valence-electron chi connectivity index (χ4n) is 2.65. The van der Waals surface area contributed by atoms with Crippen LogP contribution in [0, 0.1) is 0 Å². The highest BCUT2D eigenvalue weighted by molar-refractivity contribution is 5.73. The lowest BCUT2D eigenvalue weighted by Gasteiger charge is -2.32. The second-order valence-electron chi connectivity index (χ2n) is 4.71. The molecule has 17 heavy (non-hydrogen) atoms. The van der Waals surface area contributed by atoms with Crippen molar-refractivity contribution in [2.45, 2.75) is 31.7 Å². The van der Waals surface area contributed by atoms with Crippen LogP contribution in [-0.4, -0.2) is 24.0 Å². The lowest BCUT2D eigenvalue weighted by Crippen LogP contribution is -3.13. The normalized spacial score (nSPS) is 24.5. The van der Waals surface area contributed by atoms with Crippen LogP contribution in [0.1, 0.15) is 37.3 Å². The highest BCUT2D eigenvalue weighted by Crippen LogP contribution is 2.18. The number of piperidine rings is 1. The van der Waals surface area contributed by atoms with Gasteiger partial charge in [-0.3, -0.25) is 9.78 Å². The van der Waals surface area contributed by atoms with Crippen LogP contribution in [0.5, 0.6) is 0 Å². The molecule has 2 heterocycles. The lowest BCUT2D eigenvalue weighted by atomic mass is 9.96. The Balaban J connectivity index is 2.04. The molecule has 4 heteroatoms. The predicted molar refractivity (Wildman–Crippen MR) is 65.3 cm³/mol. The van der Waals surface area contributed by atoms with E-state index in [9.17, 15) is 4.79 Å². The van der Waals surface area contributed by atoms with Crippen LogP contribution >= 0.6 is 0 Å². The van der Waals surface area contributed by atoms with E-state index in [-0.39, 0.29) is 5.91 Å². The Hall–Kier alpha value is -1.42. The van der Waals surface area contributed by atoms with Gasteiger partial charge in [-0.05, 0) is 18.9 Å². The van der Waals surface area contributed by atoms with E-state index in [1.165, 1.54) is 29.7 Å². The molecule has 1 aromatic rings.